The third kappa shape index (κ3) is 7.66. The molecule has 4 aliphatic rings. The van der Waals surface area contributed by atoms with Gasteiger partial charge in [0.15, 0.2) is 5.79 Å². The number of amides is 1. The van der Waals surface area contributed by atoms with Crippen molar-refractivity contribution in [2.24, 2.45) is 21.8 Å². The molecule has 1 aromatic rings. The summed E-state index contributed by atoms with van der Waals surface area (Å²) in [5, 5.41) is 0. The molecule has 3 aliphatic heterocycles. The number of likely N-dealkylation sites (tertiary alicyclic amines) is 2. The van der Waals surface area contributed by atoms with Gasteiger partial charge in [-0.25, -0.2) is 9.98 Å². The molecule has 1 amide bonds. The lowest BCUT2D eigenvalue weighted by molar-refractivity contribution is -0.188. The van der Waals surface area contributed by atoms with Crippen molar-refractivity contribution in [3.05, 3.63) is 48.2 Å². The highest BCUT2D eigenvalue weighted by molar-refractivity contribution is 5.87. The fraction of sp³-hybridized carbons (Fsp3) is 0.606. The van der Waals surface area contributed by atoms with Crippen LogP contribution in [0.1, 0.15) is 70.8 Å². The Bertz CT molecular complexity index is 1120. The van der Waals surface area contributed by atoms with E-state index in [1.54, 1.807) is 0 Å². The summed E-state index contributed by atoms with van der Waals surface area (Å²) in [5.41, 5.74) is 2.56. The summed E-state index contributed by atoms with van der Waals surface area (Å²) < 4.78 is 17.8. The van der Waals surface area contributed by atoms with Gasteiger partial charge in [-0.2, -0.15) is 0 Å². The van der Waals surface area contributed by atoms with Crippen molar-refractivity contribution in [3.8, 4) is 5.75 Å². The smallest absolute Gasteiger partial charge is 0.226 e. The molecule has 5 rings (SSSR count). The number of nitrogens with zero attached hydrogens (tertiary/aromatic N) is 4. The monoisotopic (exact) mass is 562 g/mol. The summed E-state index contributed by atoms with van der Waals surface area (Å²) in [6.45, 7) is 9.45. The lowest BCUT2D eigenvalue weighted by atomic mass is 9.85. The van der Waals surface area contributed by atoms with Crippen molar-refractivity contribution >= 4 is 23.7 Å². The van der Waals surface area contributed by atoms with Gasteiger partial charge >= 0.3 is 0 Å². The van der Waals surface area contributed by atoms with Crippen LogP contribution in [0.3, 0.4) is 0 Å². The number of ether oxygens (including phenoxy) is 3. The molecule has 1 aromatic carbocycles. The minimum atomic E-state index is -0.432. The van der Waals surface area contributed by atoms with E-state index in [1.165, 1.54) is 11.1 Å². The predicted octanol–water partition coefficient (Wildman–Crippen LogP) is 5.70. The maximum Gasteiger partial charge on any atom is 0.226 e. The van der Waals surface area contributed by atoms with E-state index in [1.807, 2.05) is 30.3 Å². The highest BCUT2D eigenvalue weighted by Crippen LogP contribution is 2.35. The predicted molar refractivity (Wildman–Crippen MR) is 163 cm³/mol. The molecule has 0 radical (unpaired) electrons. The molecule has 3 saturated heterocycles. The number of aliphatic imine (C=N–C) groups is 2. The van der Waals surface area contributed by atoms with Gasteiger partial charge in [-0.3, -0.25) is 4.79 Å². The van der Waals surface area contributed by atoms with Crippen molar-refractivity contribution in [1.29, 1.82) is 0 Å². The van der Waals surface area contributed by atoms with Crippen molar-refractivity contribution in [2.45, 2.75) is 71.0 Å². The summed E-state index contributed by atoms with van der Waals surface area (Å²) in [6, 6.07) is 8.49. The van der Waals surface area contributed by atoms with Crippen LogP contribution < -0.4 is 4.74 Å². The quantitative estimate of drug-likeness (QED) is 0.315. The van der Waals surface area contributed by atoms with Gasteiger partial charge < -0.3 is 24.0 Å². The Labute approximate surface area is 245 Å². The number of hydrogen-bond acceptors (Lipinski definition) is 5. The van der Waals surface area contributed by atoms with E-state index in [0.29, 0.717) is 19.1 Å². The third-order valence-electron chi connectivity index (χ3n) is 8.79. The van der Waals surface area contributed by atoms with Crippen molar-refractivity contribution in [2.75, 3.05) is 46.0 Å². The summed E-state index contributed by atoms with van der Waals surface area (Å²) in [4.78, 5) is 26.5. The molecular weight excluding hydrogens is 516 g/mol. The number of guanidine groups is 1. The molecule has 1 unspecified atom stereocenters. The van der Waals surface area contributed by atoms with E-state index in [-0.39, 0.29) is 11.8 Å². The van der Waals surface area contributed by atoms with Crippen LogP contribution in [0, 0.1) is 11.8 Å². The Morgan fingerprint density at radius 1 is 1.05 bits per heavy atom. The molecule has 222 valence electrons. The van der Waals surface area contributed by atoms with Crippen LogP contribution in [-0.4, -0.2) is 79.7 Å². The zero-order chi connectivity index (χ0) is 28.5. The minimum absolute atomic E-state index is 0.0798. The van der Waals surface area contributed by atoms with Crippen molar-refractivity contribution in [1.82, 2.24) is 9.80 Å². The highest BCUT2D eigenvalue weighted by atomic mass is 16.7. The SMILES string of the molecule is CC=NC(=N/C=C/CC)N1CCC(COc2ccc(C3=CCC(C(=O)N4CCC5(CC4)OCCO5)CC3)cc2)CC1. The molecule has 8 heteroatoms. The molecule has 1 aliphatic carbocycles. The molecule has 3 fully saturated rings. The molecule has 41 heavy (non-hydrogen) atoms. The maximum absolute atomic E-state index is 13.2. The standard InChI is InChI=1S/C33H46N4O4/c1-3-5-18-35-32(34-4-2)37-19-14-26(15-20-37)25-39-30-12-10-28(11-13-30)27-6-8-29(9-7-27)31(38)36-21-16-33(17-22-36)40-23-24-41-33/h4-6,10-13,18,26,29H,3,7-9,14-17,19-25H2,1-2H3/b18-5+,34-4?,35-32?. The van der Waals surface area contributed by atoms with E-state index in [2.05, 4.69) is 52.1 Å². The fourth-order valence-corrected chi connectivity index (χ4v) is 6.25. The van der Waals surface area contributed by atoms with Gasteiger partial charge in [0.05, 0.1) is 19.8 Å². The van der Waals surface area contributed by atoms with Crippen LogP contribution in [0.5, 0.6) is 5.75 Å². The minimum Gasteiger partial charge on any atom is -0.493 e. The van der Waals surface area contributed by atoms with Crippen molar-refractivity contribution in [3.63, 3.8) is 0 Å². The van der Waals surface area contributed by atoms with Gasteiger partial charge in [-0.1, -0.05) is 31.2 Å². The molecule has 1 atom stereocenters. The molecule has 3 heterocycles. The average Bonchev–Trinajstić information content (AvgIpc) is 3.48. The molecule has 0 saturated carbocycles. The second-order valence-electron chi connectivity index (χ2n) is 11.5. The first-order valence-corrected chi connectivity index (χ1v) is 15.5. The first kappa shape index (κ1) is 29.5. The summed E-state index contributed by atoms with van der Waals surface area (Å²) in [7, 11) is 0. The number of rotatable bonds is 7. The Morgan fingerprint density at radius 2 is 1.78 bits per heavy atom. The lowest BCUT2D eigenvalue weighted by Crippen LogP contribution is -2.49. The molecule has 8 nitrogen and oxygen atoms in total. The summed E-state index contributed by atoms with van der Waals surface area (Å²) in [5.74, 6) is 2.19. The van der Waals surface area contributed by atoms with Gasteiger partial charge in [0.1, 0.15) is 5.75 Å². The molecular formula is C33H46N4O4. The van der Waals surface area contributed by atoms with Gasteiger partial charge in [-0.15, -0.1) is 0 Å². The van der Waals surface area contributed by atoms with E-state index >= 15 is 0 Å². The van der Waals surface area contributed by atoms with E-state index in [9.17, 15) is 4.79 Å². The van der Waals surface area contributed by atoms with Crippen LogP contribution in [0.25, 0.3) is 5.57 Å². The number of allylic oxidation sites excluding steroid dienone is 3. The second-order valence-corrected chi connectivity index (χ2v) is 11.5. The second kappa shape index (κ2) is 14.3. The van der Waals surface area contributed by atoms with Crippen LogP contribution in [0.15, 0.2) is 52.6 Å². The fourth-order valence-electron chi connectivity index (χ4n) is 6.25. The Kier molecular flexibility index (Phi) is 10.3. The number of hydrogen-bond donors (Lipinski definition) is 0. The molecule has 0 N–H and O–H groups in total. The van der Waals surface area contributed by atoms with Crippen LogP contribution in [0.2, 0.25) is 0 Å². The van der Waals surface area contributed by atoms with Gasteiger partial charge in [-0.05, 0) is 74.6 Å². The maximum atomic E-state index is 13.2. The van der Waals surface area contributed by atoms with Gasteiger partial charge in [0.2, 0.25) is 11.9 Å². The molecule has 0 aromatic heterocycles. The van der Waals surface area contributed by atoms with Crippen molar-refractivity contribution < 1.29 is 19.0 Å². The summed E-state index contributed by atoms with van der Waals surface area (Å²) >= 11 is 0. The lowest BCUT2D eigenvalue weighted by Gasteiger charge is -2.39. The van der Waals surface area contributed by atoms with E-state index < -0.39 is 5.79 Å². The van der Waals surface area contributed by atoms with Crippen LogP contribution in [-0.2, 0) is 14.3 Å². The zero-order valence-corrected chi connectivity index (χ0v) is 24.8. The third-order valence-corrected chi connectivity index (χ3v) is 8.79. The van der Waals surface area contributed by atoms with Crippen LogP contribution in [0.4, 0.5) is 0 Å². The first-order valence-electron chi connectivity index (χ1n) is 15.5. The Hall–Kier alpha value is -2.97. The Morgan fingerprint density at radius 3 is 2.41 bits per heavy atom. The van der Waals surface area contributed by atoms with E-state index in [0.717, 1.165) is 95.9 Å². The Balaban J connectivity index is 1.05. The largest absolute Gasteiger partial charge is 0.493 e. The van der Waals surface area contributed by atoms with E-state index in [4.69, 9.17) is 14.2 Å². The number of carbonyl (C=O) groups is 1. The van der Waals surface area contributed by atoms with Gasteiger partial charge in [0, 0.05) is 57.4 Å². The average molecular weight is 563 g/mol. The first-order chi connectivity index (χ1) is 20.1. The molecule has 1 spiro atoms. The highest BCUT2D eigenvalue weighted by Gasteiger charge is 2.41. The molecule has 0 bridgehead atoms. The summed E-state index contributed by atoms with van der Waals surface area (Å²) in [6.07, 6.45) is 15.3. The number of carbonyl (C=O) groups excluding carboxylic acids is 1. The normalized spacial score (nSPS) is 24.0. The topological polar surface area (TPSA) is 76.0 Å². The van der Waals surface area contributed by atoms with Gasteiger partial charge in [0.25, 0.3) is 0 Å². The van der Waals surface area contributed by atoms with Crippen LogP contribution >= 0.6 is 0 Å². The zero-order valence-electron chi connectivity index (χ0n) is 24.8. The number of piperidine rings is 2. The number of benzene rings is 1.